The van der Waals surface area contributed by atoms with Crippen molar-refractivity contribution in [1.82, 2.24) is 9.78 Å². The van der Waals surface area contributed by atoms with E-state index in [9.17, 15) is 9.59 Å². The Bertz CT molecular complexity index is 662. The third-order valence-electron chi connectivity index (χ3n) is 2.78. The summed E-state index contributed by atoms with van der Waals surface area (Å²) in [5.74, 6) is -0.943. The van der Waals surface area contributed by atoms with Gasteiger partial charge in [-0.1, -0.05) is 23.7 Å². The number of ether oxygens (including phenoxy) is 1. The van der Waals surface area contributed by atoms with E-state index in [1.807, 2.05) is 0 Å². The molecule has 0 aliphatic rings. The zero-order valence-corrected chi connectivity index (χ0v) is 12.3. The third kappa shape index (κ3) is 3.22. The van der Waals surface area contributed by atoms with Gasteiger partial charge in [0.25, 0.3) is 5.91 Å². The molecule has 2 aromatic rings. The number of para-hydroxylation sites is 1. The zero-order valence-electron chi connectivity index (χ0n) is 11.6. The van der Waals surface area contributed by atoms with Crippen molar-refractivity contribution in [3.63, 3.8) is 0 Å². The lowest BCUT2D eigenvalue weighted by Gasteiger charge is -2.10. The first kappa shape index (κ1) is 15.1. The van der Waals surface area contributed by atoms with E-state index in [-0.39, 0.29) is 22.9 Å². The summed E-state index contributed by atoms with van der Waals surface area (Å²) in [5, 5.41) is 6.79. The standard InChI is InChI=1S/C14H14ClN3O3/c1-3-21-14(20)9-6-4-5-7-11(9)17-13(19)12-10(15)8-16-18(12)2/h4-8H,3H2,1-2H3,(H,17,19). The average molecular weight is 308 g/mol. The molecule has 0 bridgehead atoms. The van der Waals surface area contributed by atoms with Crippen LogP contribution in [0.4, 0.5) is 5.69 Å². The van der Waals surface area contributed by atoms with Crippen molar-refractivity contribution in [3.05, 3.63) is 46.7 Å². The Balaban J connectivity index is 2.28. The predicted molar refractivity (Wildman–Crippen MR) is 78.6 cm³/mol. The normalized spacial score (nSPS) is 10.2. The maximum Gasteiger partial charge on any atom is 0.340 e. The number of anilines is 1. The number of hydrogen-bond acceptors (Lipinski definition) is 4. The highest BCUT2D eigenvalue weighted by molar-refractivity contribution is 6.34. The van der Waals surface area contributed by atoms with Crippen LogP contribution in [0.25, 0.3) is 0 Å². The van der Waals surface area contributed by atoms with Gasteiger partial charge in [-0.2, -0.15) is 5.10 Å². The highest BCUT2D eigenvalue weighted by Gasteiger charge is 2.19. The van der Waals surface area contributed by atoms with Crippen LogP contribution in [0.2, 0.25) is 5.02 Å². The number of carbonyl (C=O) groups excluding carboxylic acids is 2. The molecule has 0 aliphatic carbocycles. The van der Waals surface area contributed by atoms with Gasteiger partial charge in [-0.3, -0.25) is 9.48 Å². The summed E-state index contributed by atoms with van der Waals surface area (Å²) < 4.78 is 6.32. The van der Waals surface area contributed by atoms with E-state index in [0.29, 0.717) is 5.69 Å². The molecule has 1 heterocycles. The zero-order chi connectivity index (χ0) is 15.4. The fraction of sp³-hybridized carbons (Fsp3) is 0.214. The Morgan fingerprint density at radius 2 is 2.10 bits per heavy atom. The van der Waals surface area contributed by atoms with E-state index in [2.05, 4.69) is 10.4 Å². The minimum atomic E-state index is -0.496. The van der Waals surface area contributed by atoms with Crippen LogP contribution >= 0.6 is 11.6 Å². The smallest absolute Gasteiger partial charge is 0.340 e. The molecule has 0 unspecified atom stereocenters. The summed E-state index contributed by atoms with van der Waals surface area (Å²) in [5.41, 5.74) is 0.861. The Labute approximate surface area is 126 Å². The van der Waals surface area contributed by atoms with Crippen LogP contribution in [0.3, 0.4) is 0 Å². The first-order valence-corrected chi connectivity index (χ1v) is 6.67. The van der Waals surface area contributed by atoms with Crippen LogP contribution in [0.5, 0.6) is 0 Å². The van der Waals surface area contributed by atoms with Crippen molar-refractivity contribution in [1.29, 1.82) is 0 Å². The van der Waals surface area contributed by atoms with Gasteiger partial charge in [0.15, 0.2) is 0 Å². The van der Waals surface area contributed by atoms with Crippen LogP contribution in [-0.4, -0.2) is 28.3 Å². The van der Waals surface area contributed by atoms with Gasteiger partial charge in [0, 0.05) is 7.05 Å². The highest BCUT2D eigenvalue weighted by atomic mass is 35.5. The van der Waals surface area contributed by atoms with Crippen molar-refractivity contribution >= 4 is 29.2 Å². The van der Waals surface area contributed by atoms with Crippen molar-refractivity contribution in [2.45, 2.75) is 6.92 Å². The maximum atomic E-state index is 12.2. The second-order valence-corrected chi connectivity index (χ2v) is 4.59. The molecule has 21 heavy (non-hydrogen) atoms. The molecule has 1 aromatic heterocycles. The third-order valence-corrected chi connectivity index (χ3v) is 3.06. The molecule has 110 valence electrons. The van der Waals surface area contributed by atoms with Crippen molar-refractivity contribution in [2.24, 2.45) is 7.05 Å². The number of amides is 1. The Hall–Kier alpha value is -2.34. The molecule has 7 heteroatoms. The lowest BCUT2D eigenvalue weighted by Crippen LogP contribution is -2.19. The molecular weight excluding hydrogens is 294 g/mol. The van der Waals surface area contributed by atoms with Crippen LogP contribution in [0, 0.1) is 0 Å². The Kier molecular flexibility index (Phi) is 4.59. The van der Waals surface area contributed by atoms with Crippen molar-refractivity contribution in [2.75, 3.05) is 11.9 Å². The lowest BCUT2D eigenvalue weighted by atomic mass is 10.1. The summed E-state index contributed by atoms with van der Waals surface area (Å²) in [7, 11) is 1.61. The molecule has 0 spiro atoms. The first-order chi connectivity index (χ1) is 10.0. The summed E-state index contributed by atoms with van der Waals surface area (Å²) in [6, 6.07) is 6.61. The van der Waals surface area contributed by atoms with E-state index in [1.165, 1.54) is 10.9 Å². The number of aromatic nitrogens is 2. The molecule has 1 N–H and O–H groups in total. The van der Waals surface area contributed by atoms with Crippen LogP contribution in [0.15, 0.2) is 30.5 Å². The van der Waals surface area contributed by atoms with Crippen LogP contribution in [0.1, 0.15) is 27.8 Å². The molecule has 0 saturated heterocycles. The van der Waals surface area contributed by atoms with Gasteiger partial charge in [-0.05, 0) is 19.1 Å². The molecule has 1 aromatic carbocycles. The van der Waals surface area contributed by atoms with E-state index >= 15 is 0 Å². The second kappa shape index (κ2) is 6.41. The van der Waals surface area contributed by atoms with E-state index in [4.69, 9.17) is 16.3 Å². The largest absolute Gasteiger partial charge is 0.462 e. The van der Waals surface area contributed by atoms with Crippen LogP contribution < -0.4 is 5.32 Å². The highest BCUT2D eigenvalue weighted by Crippen LogP contribution is 2.20. The number of carbonyl (C=O) groups is 2. The Morgan fingerprint density at radius 3 is 2.71 bits per heavy atom. The summed E-state index contributed by atoms with van der Waals surface area (Å²) in [6.07, 6.45) is 1.38. The number of nitrogens with zero attached hydrogens (tertiary/aromatic N) is 2. The summed E-state index contributed by atoms with van der Waals surface area (Å²) in [4.78, 5) is 24.1. The van der Waals surface area contributed by atoms with Crippen molar-refractivity contribution in [3.8, 4) is 0 Å². The fourth-order valence-electron chi connectivity index (χ4n) is 1.83. The van der Waals surface area contributed by atoms with Gasteiger partial charge in [-0.15, -0.1) is 0 Å². The average Bonchev–Trinajstić information content (AvgIpc) is 2.79. The monoisotopic (exact) mass is 307 g/mol. The topological polar surface area (TPSA) is 73.2 Å². The summed E-state index contributed by atoms with van der Waals surface area (Å²) in [6.45, 7) is 1.98. The van der Waals surface area contributed by atoms with Gasteiger partial charge in [0.1, 0.15) is 5.69 Å². The number of benzene rings is 1. The number of halogens is 1. The number of rotatable bonds is 4. The van der Waals surface area contributed by atoms with E-state index in [1.54, 1.807) is 38.2 Å². The number of hydrogen-bond donors (Lipinski definition) is 1. The van der Waals surface area contributed by atoms with Gasteiger partial charge >= 0.3 is 5.97 Å². The van der Waals surface area contributed by atoms with Gasteiger partial charge < -0.3 is 10.1 Å². The molecular formula is C14H14ClN3O3. The molecule has 0 saturated carbocycles. The minimum absolute atomic E-state index is 0.218. The number of esters is 1. The maximum absolute atomic E-state index is 12.2. The Morgan fingerprint density at radius 1 is 1.38 bits per heavy atom. The lowest BCUT2D eigenvalue weighted by molar-refractivity contribution is 0.0527. The molecule has 1 amide bonds. The predicted octanol–water partition coefficient (Wildman–Crippen LogP) is 2.50. The molecule has 2 rings (SSSR count). The van der Waals surface area contributed by atoms with Gasteiger partial charge in [0.2, 0.25) is 0 Å². The van der Waals surface area contributed by atoms with E-state index in [0.717, 1.165) is 0 Å². The molecule has 6 nitrogen and oxygen atoms in total. The molecule has 0 fully saturated rings. The molecule has 0 aliphatic heterocycles. The van der Waals surface area contributed by atoms with Gasteiger partial charge in [-0.25, -0.2) is 4.79 Å². The fourth-order valence-corrected chi connectivity index (χ4v) is 2.08. The quantitative estimate of drug-likeness (QED) is 0.881. The van der Waals surface area contributed by atoms with Crippen molar-refractivity contribution < 1.29 is 14.3 Å². The van der Waals surface area contributed by atoms with Gasteiger partial charge in [0.05, 0.1) is 29.1 Å². The van der Waals surface area contributed by atoms with Crippen LogP contribution in [-0.2, 0) is 11.8 Å². The minimum Gasteiger partial charge on any atom is -0.462 e. The van der Waals surface area contributed by atoms with E-state index < -0.39 is 11.9 Å². The number of nitrogens with one attached hydrogen (secondary N) is 1. The SMILES string of the molecule is CCOC(=O)c1ccccc1NC(=O)c1c(Cl)cnn1C. The second-order valence-electron chi connectivity index (χ2n) is 4.18. The number of aryl methyl sites for hydroxylation is 1. The molecule has 0 atom stereocenters. The summed E-state index contributed by atoms with van der Waals surface area (Å²) >= 11 is 5.92. The molecule has 0 radical (unpaired) electrons. The first-order valence-electron chi connectivity index (χ1n) is 6.29.